The van der Waals surface area contributed by atoms with Crippen LogP contribution in [-0.4, -0.2) is 30.1 Å². The summed E-state index contributed by atoms with van der Waals surface area (Å²) >= 11 is 0. The molecule has 2 aromatic rings. The van der Waals surface area contributed by atoms with Crippen LogP contribution in [-0.2, 0) is 9.59 Å². The lowest BCUT2D eigenvalue weighted by molar-refractivity contribution is -0.385. The van der Waals surface area contributed by atoms with Crippen LogP contribution in [0.5, 0.6) is 17.2 Å². The molecule has 2 amide bonds. The summed E-state index contributed by atoms with van der Waals surface area (Å²) < 4.78 is 28.2. The number of hydrogen-bond donors (Lipinski definition) is 2. The molecule has 10 nitrogen and oxygen atoms in total. The molecule has 0 aromatic heterocycles. The highest BCUT2D eigenvalue weighted by atomic mass is 19.1. The lowest BCUT2D eigenvalue weighted by Gasteiger charge is -2.07. The third-order valence-corrected chi connectivity index (χ3v) is 3.64. The summed E-state index contributed by atoms with van der Waals surface area (Å²) in [5.41, 5.74) is 4.08. The van der Waals surface area contributed by atoms with Gasteiger partial charge in [0.2, 0.25) is 6.79 Å². The van der Waals surface area contributed by atoms with Gasteiger partial charge >= 0.3 is 0 Å². The number of carbonyl (C=O) groups excluding carboxylic acids is 2. The van der Waals surface area contributed by atoms with Gasteiger partial charge in [-0.2, -0.15) is 0 Å². The second-order valence-electron chi connectivity index (χ2n) is 5.63. The first-order valence-electron chi connectivity index (χ1n) is 8.15. The van der Waals surface area contributed by atoms with Crippen molar-refractivity contribution >= 4 is 23.6 Å². The fourth-order valence-electron chi connectivity index (χ4n) is 2.29. The molecule has 0 fully saturated rings. The molecular weight excluding hydrogens is 389 g/mol. The molecule has 1 aliphatic rings. The summed E-state index contributed by atoms with van der Waals surface area (Å²) in [6.07, 6.45) is 2.21. The van der Waals surface area contributed by atoms with Crippen molar-refractivity contribution in [1.82, 2.24) is 10.9 Å². The first-order valence-corrected chi connectivity index (χ1v) is 8.15. The third kappa shape index (κ3) is 5.19. The molecule has 0 unspecified atom stereocenters. The van der Waals surface area contributed by atoms with Crippen LogP contribution in [0.25, 0.3) is 6.08 Å². The van der Waals surface area contributed by atoms with Gasteiger partial charge in [0.05, 0.1) is 16.6 Å². The molecule has 1 aliphatic heterocycles. The Bertz CT molecular complexity index is 976. The zero-order chi connectivity index (χ0) is 20.8. The second-order valence-corrected chi connectivity index (χ2v) is 5.63. The molecule has 0 saturated carbocycles. The van der Waals surface area contributed by atoms with Crippen molar-refractivity contribution in [3.05, 3.63) is 64.0 Å². The number of hydrazine groups is 1. The van der Waals surface area contributed by atoms with E-state index in [-0.39, 0.29) is 29.5 Å². The number of nitrogens with one attached hydrogen (secondary N) is 2. The Morgan fingerprint density at radius 2 is 1.86 bits per heavy atom. The Labute approximate surface area is 163 Å². The lowest BCUT2D eigenvalue weighted by atomic mass is 10.1. The lowest BCUT2D eigenvalue weighted by Crippen LogP contribution is -2.43. The Hall–Kier alpha value is -4.15. The minimum Gasteiger partial charge on any atom is -0.484 e. The molecule has 2 N–H and O–H groups in total. The quantitative estimate of drug-likeness (QED) is 0.427. The van der Waals surface area contributed by atoms with Crippen molar-refractivity contribution < 1.29 is 33.1 Å². The average Bonchev–Trinajstić information content (AvgIpc) is 3.17. The second kappa shape index (κ2) is 8.69. The summed E-state index contributed by atoms with van der Waals surface area (Å²) in [6, 6.07) is 7.63. The van der Waals surface area contributed by atoms with Gasteiger partial charge in [0.15, 0.2) is 18.1 Å². The summed E-state index contributed by atoms with van der Waals surface area (Å²) in [5.74, 6) is -0.989. The summed E-state index contributed by atoms with van der Waals surface area (Å²) in [7, 11) is 0. The van der Waals surface area contributed by atoms with E-state index < -0.39 is 29.2 Å². The number of amides is 2. The van der Waals surface area contributed by atoms with Crippen molar-refractivity contribution in [3.8, 4) is 17.2 Å². The van der Waals surface area contributed by atoms with Crippen LogP contribution in [0.3, 0.4) is 0 Å². The minimum atomic E-state index is -0.730. The number of nitro benzene ring substituents is 1. The molecule has 150 valence electrons. The molecule has 0 spiro atoms. The minimum absolute atomic E-state index is 0.0494. The van der Waals surface area contributed by atoms with E-state index in [4.69, 9.17) is 14.2 Å². The maximum Gasteiger partial charge on any atom is 0.280 e. The SMILES string of the molecule is O=C(/C=C/c1cc2c(cc1[N+](=O)[O-])OCO2)NNC(=O)COc1ccc(F)cc1. The van der Waals surface area contributed by atoms with Crippen LogP contribution in [0.2, 0.25) is 0 Å². The maximum atomic E-state index is 12.8. The van der Waals surface area contributed by atoms with Gasteiger partial charge in [0, 0.05) is 6.08 Å². The molecule has 0 radical (unpaired) electrons. The Morgan fingerprint density at radius 3 is 2.55 bits per heavy atom. The molecule has 2 aromatic carbocycles. The maximum absolute atomic E-state index is 12.8. The number of nitro groups is 1. The molecule has 0 atom stereocenters. The van der Waals surface area contributed by atoms with E-state index in [0.717, 1.165) is 6.08 Å². The average molecular weight is 403 g/mol. The van der Waals surface area contributed by atoms with E-state index in [9.17, 15) is 24.1 Å². The van der Waals surface area contributed by atoms with Gasteiger partial charge in [0.25, 0.3) is 17.5 Å². The molecule has 1 heterocycles. The van der Waals surface area contributed by atoms with Crippen LogP contribution in [0.15, 0.2) is 42.5 Å². The van der Waals surface area contributed by atoms with Crippen LogP contribution in [0.1, 0.15) is 5.56 Å². The third-order valence-electron chi connectivity index (χ3n) is 3.64. The Balaban J connectivity index is 1.52. The van der Waals surface area contributed by atoms with Crippen molar-refractivity contribution in [2.24, 2.45) is 0 Å². The number of nitrogens with zero attached hydrogens (tertiary/aromatic N) is 1. The van der Waals surface area contributed by atoms with Gasteiger partial charge in [0.1, 0.15) is 11.6 Å². The van der Waals surface area contributed by atoms with Crippen LogP contribution in [0.4, 0.5) is 10.1 Å². The fourth-order valence-corrected chi connectivity index (χ4v) is 2.29. The van der Waals surface area contributed by atoms with Crippen molar-refractivity contribution in [3.63, 3.8) is 0 Å². The number of halogens is 1. The first kappa shape index (κ1) is 19.6. The largest absolute Gasteiger partial charge is 0.484 e. The summed E-state index contributed by atoms with van der Waals surface area (Å²) in [4.78, 5) is 34.0. The predicted octanol–water partition coefficient (Wildman–Crippen LogP) is 1.70. The van der Waals surface area contributed by atoms with E-state index >= 15 is 0 Å². The van der Waals surface area contributed by atoms with Crippen molar-refractivity contribution in [1.29, 1.82) is 0 Å². The van der Waals surface area contributed by atoms with E-state index in [1.807, 2.05) is 0 Å². The smallest absolute Gasteiger partial charge is 0.280 e. The highest BCUT2D eigenvalue weighted by Crippen LogP contribution is 2.38. The zero-order valence-electron chi connectivity index (χ0n) is 14.7. The van der Waals surface area contributed by atoms with Crippen molar-refractivity contribution in [2.75, 3.05) is 13.4 Å². The van der Waals surface area contributed by atoms with E-state index in [1.54, 1.807) is 0 Å². The highest BCUT2D eigenvalue weighted by molar-refractivity contribution is 5.94. The van der Waals surface area contributed by atoms with Crippen molar-refractivity contribution in [2.45, 2.75) is 0 Å². The summed E-state index contributed by atoms with van der Waals surface area (Å²) in [6.45, 7) is -0.463. The number of carbonyl (C=O) groups is 2. The summed E-state index contributed by atoms with van der Waals surface area (Å²) in [5, 5.41) is 11.2. The Morgan fingerprint density at radius 1 is 1.17 bits per heavy atom. The van der Waals surface area contributed by atoms with E-state index in [0.29, 0.717) is 5.75 Å². The Kier molecular flexibility index (Phi) is 5.88. The van der Waals surface area contributed by atoms with Gasteiger partial charge in [-0.1, -0.05) is 0 Å². The number of ether oxygens (including phenoxy) is 3. The monoisotopic (exact) mass is 403 g/mol. The van der Waals surface area contributed by atoms with Gasteiger partial charge in [-0.15, -0.1) is 0 Å². The standard InChI is InChI=1S/C18H14FN3O7/c19-12-2-4-13(5-3-12)27-9-18(24)21-20-17(23)6-1-11-7-15-16(29-10-28-15)8-14(11)22(25)26/h1-8H,9-10H2,(H,20,23)(H,21,24)/b6-1+. The molecule has 11 heteroatoms. The molecule has 3 rings (SSSR count). The van der Waals surface area contributed by atoms with Gasteiger partial charge in [-0.25, -0.2) is 4.39 Å². The molecule has 0 saturated heterocycles. The molecule has 0 aliphatic carbocycles. The van der Waals surface area contributed by atoms with E-state index in [2.05, 4.69) is 10.9 Å². The number of rotatable bonds is 6. The molecule has 29 heavy (non-hydrogen) atoms. The predicted molar refractivity (Wildman–Crippen MR) is 96.4 cm³/mol. The van der Waals surface area contributed by atoms with E-state index in [1.165, 1.54) is 42.5 Å². The van der Waals surface area contributed by atoms with Crippen LogP contribution >= 0.6 is 0 Å². The first-order chi connectivity index (χ1) is 13.9. The number of hydrogen-bond acceptors (Lipinski definition) is 7. The normalized spacial score (nSPS) is 11.9. The van der Waals surface area contributed by atoms with Gasteiger partial charge in [-0.3, -0.25) is 30.6 Å². The number of fused-ring (bicyclic) bond motifs is 1. The molecule has 0 bridgehead atoms. The van der Waals surface area contributed by atoms with Crippen LogP contribution < -0.4 is 25.1 Å². The topological polar surface area (TPSA) is 129 Å². The van der Waals surface area contributed by atoms with Gasteiger partial charge < -0.3 is 14.2 Å². The molecular formula is C18H14FN3O7. The zero-order valence-corrected chi connectivity index (χ0v) is 14.7. The fraction of sp³-hybridized carbons (Fsp3) is 0.111. The number of benzene rings is 2. The highest BCUT2D eigenvalue weighted by Gasteiger charge is 2.22. The van der Waals surface area contributed by atoms with Crippen LogP contribution in [0, 0.1) is 15.9 Å². The van der Waals surface area contributed by atoms with Gasteiger partial charge in [-0.05, 0) is 36.4 Å².